The molecule has 0 aromatic heterocycles. The number of rotatable bonds is 3. The van der Waals surface area contributed by atoms with E-state index in [2.05, 4.69) is 0 Å². The molecule has 0 aliphatic heterocycles. The molecule has 0 aliphatic carbocycles. The summed E-state index contributed by atoms with van der Waals surface area (Å²) >= 11 is 0. The Bertz CT molecular complexity index is 492. The number of carboxylic acid groups (broad SMARTS) is 1. The van der Waals surface area contributed by atoms with Gasteiger partial charge in [0.25, 0.3) is 0 Å². The Kier molecular flexibility index (Phi) is 3.37. The summed E-state index contributed by atoms with van der Waals surface area (Å²) in [5.74, 6) is -3.99. The Hall–Kier alpha value is -2.50. The highest BCUT2D eigenvalue weighted by molar-refractivity contribution is 6.08. The number of aromatic hydroxyl groups is 3. The van der Waals surface area contributed by atoms with Gasteiger partial charge in [-0.2, -0.15) is 0 Å². The minimum atomic E-state index is -1.24. The van der Waals surface area contributed by atoms with Crippen molar-refractivity contribution in [3.05, 3.63) is 29.3 Å². The lowest BCUT2D eigenvalue weighted by molar-refractivity contribution is -0.132. The lowest BCUT2D eigenvalue weighted by Crippen LogP contribution is -2.01. The van der Waals surface area contributed by atoms with Crippen LogP contribution in [0.3, 0.4) is 0 Å². The monoisotopic (exact) mass is 238 g/mol. The van der Waals surface area contributed by atoms with E-state index >= 15 is 0 Å². The highest BCUT2D eigenvalue weighted by atomic mass is 16.4. The SMILES string of the molecule is CC(=CC(=O)c1cc(O)c(O)c(O)c1)C(=O)O. The van der Waals surface area contributed by atoms with E-state index in [0.29, 0.717) is 0 Å². The third kappa shape index (κ3) is 2.75. The fraction of sp³-hybridized carbons (Fsp3) is 0.0909. The van der Waals surface area contributed by atoms with Crippen LogP contribution in [0.15, 0.2) is 23.8 Å². The highest BCUT2D eigenvalue weighted by Crippen LogP contribution is 2.35. The fourth-order valence-electron chi connectivity index (χ4n) is 1.09. The van der Waals surface area contributed by atoms with E-state index in [1.54, 1.807) is 0 Å². The second kappa shape index (κ2) is 4.56. The number of carbonyl (C=O) groups excluding carboxylic acids is 1. The Morgan fingerprint density at radius 1 is 1.12 bits per heavy atom. The number of phenolic OH excluding ortho intramolecular Hbond substituents is 3. The summed E-state index contributed by atoms with van der Waals surface area (Å²) in [7, 11) is 0. The summed E-state index contributed by atoms with van der Waals surface area (Å²) in [5.41, 5.74) is -0.305. The molecule has 0 amide bonds. The van der Waals surface area contributed by atoms with Crippen molar-refractivity contribution in [1.82, 2.24) is 0 Å². The number of phenols is 3. The summed E-state index contributed by atoms with van der Waals surface area (Å²) in [6, 6.07) is 1.87. The van der Waals surface area contributed by atoms with E-state index in [9.17, 15) is 19.8 Å². The van der Waals surface area contributed by atoms with Crippen molar-refractivity contribution < 1.29 is 30.0 Å². The molecule has 0 saturated heterocycles. The van der Waals surface area contributed by atoms with Crippen LogP contribution in [0.1, 0.15) is 17.3 Å². The van der Waals surface area contributed by atoms with Crippen LogP contribution >= 0.6 is 0 Å². The molecular formula is C11H10O6. The number of carboxylic acids is 1. The van der Waals surface area contributed by atoms with E-state index < -0.39 is 29.0 Å². The first kappa shape index (κ1) is 12.6. The van der Waals surface area contributed by atoms with Crippen LogP contribution in [0.2, 0.25) is 0 Å². The van der Waals surface area contributed by atoms with Crippen molar-refractivity contribution in [3.8, 4) is 17.2 Å². The smallest absolute Gasteiger partial charge is 0.331 e. The predicted molar refractivity (Wildman–Crippen MR) is 57.2 cm³/mol. The van der Waals surface area contributed by atoms with Crippen molar-refractivity contribution >= 4 is 11.8 Å². The number of carbonyl (C=O) groups is 2. The summed E-state index contributed by atoms with van der Waals surface area (Å²) in [6.07, 6.45) is 0.855. The maximum atomic E-state index is 11.5. The molecule has 90 valence electrons. The first-order chi connectivity index (χ1) is 7.82. The van der Waals surface area contributed by atoms with Crippen LogP contribution in [-0.2, 0) is 4.79 Å². The van der Waals surface area contributed by atoms with Gasteiger partial charge in [-0.15, -0.1) is 0 Å². The summed E-state index contributed by atoms with van der Waals surface area (Å²) in [6.45, 7) is 1.24. The van der Waals surface area contributed by atoms with Gasteiger partial charge in [-0.25, -0.2) is 4.79 Å². The number of hydrogen-bond donors (Lipinski definition) is 4. The Morgan fingerprint density at radius 3 is 2.00 bits per heavy atom. The molecule has 0 bridgehead atoms. The minimum Gasteiger partial charge on any atom is -0.504 e. The van der Waals surface area contributed by atoms with E-state index in [0.717, 1.165) is 18.2 Å². The maximum Gasteiger partial charge on any atom is 0.331 e. The molecular weight excluding hydrogens is 228 g/mol. The highest BCUT2D eigenvalue weighted by Gasteiger charge is 2.13. The van der Waals surface area contributed by atoms with E-state index in [-0.39, 0.29) is 11.1 Å². The summed E-state index contributed by atoms with van der Waals surface area (Å²) in [5, 5.41) is 36.0. The van der Waals surface area contributed by atoms with E-state index in [4.69, 9.17) is 10.2 Å². The van der Waals surface area contributed by atoms with Crippen LogP contribution < -0.4 is 0 Å². The predicted octanol–water partition coefficient (Wildman–Crippen LogP) is 1.02. The van der Waals surface area contributed by atoms with Gasteiger partial charge in [0, 0.05) is 11.1 Å². The molecule has 6 nitrogen and oxygen atoms in total. The van der Waals surface area contributed by atoms with Crippen molar-refractivity contribution in [1.29, 1.82) is 0 Å². The molecule has 6 heteroatoms. The molecule has 0 radical (unpaired) electrons. The maximum absolute atomic E-state index is 11.5. The van der Waals surface area contributed by atoms with Crippen LogP contribution in [0.25, 0.3) is 0 Å². The molecule has 0 aliphatic rings. The molecule has 0 saturated carbocycles. The van der Waals surface area contributed by atoms with Crippen molar-refractivity contribution in [2.24, 2.45) is 0 Å². The quantitative estimate of drug-likeness (QED) is 0.355. The molecule has 17 heavy (non-hydrogen) atoms. The number of hydrogen-bond acceptors (Lipinski definition) is 5. The van der Waals surface area contributed by atoms with Gasteiger partial charge in [-0.1, -0.05) is 0 Å². The van der Waals surface area contributed by atoms with Crippen molar-refractivity contribution in [2.75, 3.05) is 0 Å². The Morgan fingerprint density at radius 2 is 1.59 bits per heavy atom. The molecule has 0 heterocycles. The van der Waals surface area contributed by atoms with Gasteiger partial charge in [0.2, 0.25) is 0 Å². The zero-order valence-electron chi connectivity index (χ0n) is 8.84. The van der Waals surface area contributed by atoms with Gasteiger partial charge in [-0.05, 0) is 25.1 Å². The third-order valence-corrected chi connectivity index (χ3v) is 2.04. The average molecular weight is 238 g/mol. The zero-order valence-corrected chi connectivity index (χ0v) is 8.84. The average Bonchev–Trinajstić information content (AvgIpc) is 2.24. The van der Waals surface area contributed by atoms with Gasteiger partial charge in [-0.3, -0.25) is 4.79 Å². The molecule has 1 aromatic carbocycles. The molecule has 1 aromatic rings. The molecule has 0 fully saturated rings. The van der Waals surface area contributed by atoms with Crippen LogP contribution in [0.4, 0.5) is 0 Å². The van der Waals surface area contributed by atoms with Gasteiger partial charge in [0.15, 0.2) is 23.0 Å². The Balaban J connectivity index is 3.15. The number of aliphatic carboxylic acids is 1. The zero-order chi connectivity index (χ0) is 13.2. The van der Waals surface area contributed by atoms with E-state index in [1.165, 1.54) is 6.92 Å². The minimum absolute atomic E-state index is 0.126. The van der Waals surface area contributed by atoms with Gasteiger partial charge in [0.05, 0.1) is 0 Å². The Labute approximate surface area is 96.1 Å². The van der Waals surface area contributed by atoms with Crippen molar-refractivity contribution in [3.63, 3.8) is 0 Å². The molecule has 1 rings (SSSR count). The van der Waals surface area contributed by atoms with Crippen LogP contribution in [-0.4, -0.2) is 32.2 Å². The molecule has 0 unspecified atom stereocenters. The summed E-state index contributed by atoms with van der Waals surface area (Å²) in [4.78, 5) is 22.0. The molecule has 0 spiro atoms. The fourth-order valence-corrected chi connectivity index (χ4v) is 1.09. The van der Waals surface area contributed by atoms with Gasteiger partial charge < -0.3 is 20.4 Å². The normalized spacial score (nSPS) is 11.2. The van der Waals surface area contributed by atoms with Crippen molar-refractivity contribution in [2.45, 2.75) is 6.92 Å². The molecule has 4 N–H and O–H groups in total. The number of benzene rings is 1. The number of allylic oxidation sites excluding steroid dienone is 1. The lowest BCUT2D eigenvalue weighted by atomic mass is 10.1. The van der Waals surface area contributed by atoms with Crippen LogP contribution in [0, 0.1) is 0 Å². The first-order valence-electron chi connectivity index (χ1n) is 4.53. The van der Waals surface area contributed by atoms with Gasteiger partial charge >= 0.3 is 5.97 Å². The standard InChI is InChI=1S/C11H10O6/c1-5(11(16)17)2-7(12)6-3-8(13)10(15)9(14)4-6/h2-4,13-15H,1H3,(H,16,17). The summed E-state index contributed by atoms with van der Waals surface area (Å²) < 4.78 is 0. The van der Waals surface area contributed by atoms with Crippen LogP contribution in [0.5, 0.6) is 17.2 Å². The van der Waals surface area contributed by atoms with Gasteiger partial charge in [0.1, 0.15) is 0 Å². The second-order valence-electron chi connectivity index (χ2n) is 3.36. The third-order valence-electron chi connectivity index (χ3n) is 2.04. The first-order valence-corrected chi connectivity index (χ1v) is 4.53. The van der Waals surface area contributed by atoms with E-state index in [1.807, 2.05) is 0 Å². The largest absolute Gasteiger partial charge is 0.504 e. The lowest BCUT2D eigenvalue weighted by Gasteiger charge is -2.03. The second-order valence-corrected chi connectivity index (χ2v) is 3.36. The topological polar surface area (TPSA) is 115 Å². The molecule has 0 atom stereocenters. The number of ketones is 1.